The third kappa shape index (κ3) is 4.03. The highest BCUT2D eigenvalue weighted by Crippen LogP contribution is 2.28. The zero-order valence-electron chi connectivity index (χ0n) is 18.9. The minimum Gasteiger partial charge on any atom is -0.357 e. The number of imidazole rings is 1. The third-order valence-corrected chi connectivity index (χ3v) is 5.95. The Bertz CT molecular complexity index is 1410. The molecule has 1 aliphatic rings. The SMILES string of the molecule is Cn1cnc2c(Nc3cnn(Cc4ccccc4)c3)nc(-c3cnn(C4CCCCO4)c3)nc21. The molecule has 1 N–H and O–H groups in total. The van der Waals surface area contributed by atoms with E-state index in [1.54, 1.807) is 18.7 Å². The zero-order valence-corrected chi connectivity index (χ0v) is 18.9. The van der Waals surface area contributed by atoms with Gasteiger partial charge in [0.25, 0.3) is 0 Å². The van der Waals surface area contributed by atoms with Gasteiger partial charge in [0.2, 0.25) is 0 Å². The van der Waals surface area contributed by atoms with Gasteiger partial charge in [-0.25, -0.2) is 19.6 Å². The lowest BCUT2D eigenvalue weighted by Crippen LogP contribution is -2.18. The van der Waals surface area contributed by atoms with Gasteiger partial charge in [-0.2, -0.15) is 10.2 Å². The molecule has 0 radical (unpaired) electrons. The van der Waals surface area contributed by atoms with E-state index in [4.69, 9.17) is 14.7 Å². The van der Waals surface area contributed by atoms with Gasteiger partial charge < -0.3 is 14.6 Å². The standard InChI is InChI=1S/C24H25N9O/c1-31-16-25-21-23(28-19-12-26-32(15-19)13-17-7-3-2-4-8-17)29-22(30-24(21)31)18-11-27-33(14-18)20-9-5-6-10-34-20/h2-4,7-8,11-12,14-16,20H,5-6,9-10,13H2,1H3,(H,28,29,30). The summed E-state index contributed by atoms with van der Waals surface area (Å²) in [6, 6.07) is 10.2. The topological polar surface area (TPSA) is 100 Å². The van der Waals surface area contributed by atoms with Crippen molar-refractivity contribution in [2.24, 2.45) is 7.05 Å². The molecule has 5 heterocycles. The molecule has 34 heavy (non-hydrogen) atoms. The molecule has 4 aromatic heterocycles. The maximum absolute atomic E-state index is 5.86. The Balaban J connectivity index is 1.30. The highest BCUT2D eigenvalue weighted by Gasteiger charge is 2.19. The fraction of sp³-hybridized carbons (Fsp3) is 0.292. The summed E-state index contributed by atoms with van der Waals surface area (Å²) in [5.74, 6) is 1.21. The summed E-state index contributed by atoms with van der Waals surface area (Å²) < 4.78 is 11.5. The number of rotatable bonds is 6. The summed E-state index contributed by atoms with van der Waals surface area (Å²) in [4.78, 5) is 14.1. The highest BCUT2D eigenvalue weighted by molar-refractivity contribution is 5.87. The third-order valence-electron chi connectivity index (χ3n) is 5.95. The molecule has 0 saturated carbocycles. The minimum atomic E-state index is -0.0315. The van der Waals surface area contributed by atoms with Crippen molar-refractivity contribution in [1.29, 1.82) is 0 Å². The van der Waals surface area contributed by atoms with Crippen LogP contribution < -0.4 is 5.32 Å². The van der Waals surface area contributed by atoms with Gasteiger partial charge >= 0.3 is 0 Å². The molecule has 1 fully saturated rings. The first-order valence-electron chi connectivity index (χ1n) is 11.4. The van der Waals surface area contributed by atoms with Gasteiger partial charge in [-0.05, 0) is 24.8 Å². The second-order valence-corrected chi connectivity index (χ2v) is 8.49. The van der Waals surface area contributed by atoms with E-state index >= 15 is 0 Å². The van der Waals surface area contributed by atoms with Crippen LogP contribution in [0.25, 0.3) is 22.6 Å². The molecule has 1 saturated heterocycles. The molecule has 0 spiro atoms. The van der Waals surface area contributed by atoms with Crippen LogP contribution in [0.5, 0.6) is 0 Å². The molecule has 1 atom stereocenters. The van der Waals surface area contributed by atoms with Crippen LogP contribution in [-0.2, 0) is 18.3 Å². The van der Waals surface area contributed by atoms with E-state index in [9.17, 15) is 0 Å². The van der Waals surface area contributed by atoms with Crippen LogP contribution in [0.3, 0.4) is 0 Å². The second kappa shape index (κ2) is 8.71. The average molecular weight is 456 g/mol. The van der Waals surface area contributed by atoms with Gasteiger partial charge in [0.15, 0.2) is 22.8 Å². The first-order chi connectivity index (χ1) is 16.7. The second-order valence-electron chi connectivity index (χ2n) is 8.49. The largest absolute Gasteiger partial charge is 0.357 e. The Kier molecular flexibility index (Phi) is 5.27. The fourth-order valence-electron chi connectivity index (χ4n) is 4.19. The van der Waals surface area contributed by atoms with Crippen molar-refractivity contribution in [3.8, 4) is 11.4 Å². The van der Waals surface area contributed by atoms with Gasteiger partial charge in [-0.15, -0.1) is 0 Å². The van der Waals surface area contributed by atoms with E-state index in [1.807, 2.05) is 51.6 Å². The molecule has 10 heteroatoms. The van der Waals surface area contributed by atoms with Gasteiger partial charge in [0.1, 0.15) is 6.23 Å². The van der Waals surface area contributed by atoms with Crippen molar-refractivity contribution in [3.05, 3.63) is 67.0 Å². The van der Waals surface area contributed by atoms with E-state index in [1.165, 1.54) is 5.56 Å². The number of benzene rings is 1. The molecule has 1 unspecified atom stereocenters. The van der Waals surface area contributed by atoms with E-state index in [0.717, 1.165) is 42.8 Å². The number of ether oxygens (including phenoxy) is 1. The summed E-state index contributed by atoms with van der Waals surface area (Å²) in [5, 5.41) is 12.4. The summed E-state index contributed by atoms with van der Waals surface area (Å²) in [5.41, 5.74) is 4.29. The van der Waals surface area contributed by atoms with Crippen LogP contribution >= 0.6 is 0 Å². The number of hydrogen-bond acceptors (Lipinski definition) is 7. The highest BCUT2D eigenvalue weighted by atomic mass is 16.5. The summed E-state index contributed by atoms with van der Waals surface area (Å²) in [7, 11) is 1.92. The molecule has 0 aliphatic carbocycles. The smallest absolute Gasteiger partial charge is 0.167 e. The quantitative estimate of drug-likeness (QED) is 0.414. The molecule has 10 nitrogen and oxygen atoms in total. The van der Waals surface area contributed by atoms with E-state index in [-0.39, 0.29) is 6.23 Å². The van der Waals surface area contributed by atoms with Crippen molar-refractivity contribution in [3.63, 3.8) is 0 Å². The van der Waals surface area contributed by atoms with Gasteiger partial charge in [-0.3, -0.25) is 4.68 Å². The zero-order chi connectivity index (χ0) is 22.9. The monoisotopic (exact) mass is 455 g/mol. The predicted molar refractivity (Wildman–Crippen MR) is 127 cm³/mol. The summed E-state index contributed by atoms with van der Waals surface area (Å²) in [6.07, 6.45) is 12.4. The molecule has 172 valence electrons. The van der Waals surface area contributed by atoms with Crippen molar-refractivity contribution in [2.45, 2.75) is 32.0 Å². The lowest BCUT2D eigenvalue weighted by molar-refractivity contribution is -0.0394. The van der Waals surface area contributed by atoms with Crippen LogP contribution in [0.15, 0.2) is 61.4 Å². The molecule has 5 aromatic rings. The van der Waals surface area contributed by atoms with Gasteiger partial charge in [0.05, 0.1) is 36.5 Å². The summed E-state index contributed by atoms with van der Waals surface area (Å²) in [6.45, 7) is 1.46. The molecular formula is C24H25N9O. The van der Waals surface area contributed by atoms with Crippen LogP contribution in [0.4, 0.5) is 11.5 Å². The Morgan fingerprint density at radius 1 is 1.06 bits per heavy atom. The Hall–Kier alpha value is -4.05. The normalized spacial score (nSPS) is 16.2. The molecule has 1 aliphatic heterocycles. The minimum absolute atomic E-state index is 0.0315. The maximum atomic E-state index is 5.86. The maximum Gasteiger partial charge on any atom is 0.167 e. The van der Waals surface area contributed by atoms with Crippen molar-refractivity contribution in [1.82, 2.24) is 39.1 Å². The molecule has 6 rings (SSSR count). The van der Waals surface area contributed by atoms with Gasteiger partial charge in [0, 0.05) is 26.0 Å². The molecule has 0 amide bonds. The number of aromatic nitrogens is 8. The number of aryl methyl sites for hydroxylation is 1. The first kappa shape index (κ1) is 20.5. The van der Waals surface area contributed by atoms with E-state index < -0.39 is 0 Å². The van der Waals surface area contributed by atoms with E-state index in [2.05, 4.69) is 32.6 Å². The number of fused-ring (bicyclic) bond motifs is 1. The van der Waals surface area contributed by atoms with Gasteiger partial charge in [-0.1, -0.05) is 30.3 Å². The number of nitrogens with one attached hydrogen (secondary N) is 1. The van der Waals surface area contributed by atoms with Crippen LogP contribution in [0, 0.1) is 0 Å². The predicted octanol–water partition coefficient (Wildman–Crippen LogP) is 3.91. The Morgan fingerprint density at radius 2 is 1.97 bits per heavy atom. The first-order valence-corrected chi connectivity index (χ1v) is 11.4. The van der Waals surface area contributed by atoms with Crippen LogP contribution in [0.2, 0.25) is 0 Å². The van der Waals surface area contributed by atoms with Crippen molar-refractivity contribution in [2.75, 3.05) is 11.9 Å². The fourth-order valence-corrected chi connectivity index (χ4v) is 4.19. The van der Waals surface area contributed by atoms with Crippen molar-refractivity contribution >= 4 is 22.7 Å². The molecule has 1 aromatic carbocycles. The number of hydrogen-bond donors (Lipinski definition) is 1. The number of anilines is 2. The van der Waals surface area contributed by atoms with E-state index in [0.29, 0.717) is 23.7 Å². The molecular weight excluding hydrogens is 430 g/mol. The van der Waals surface area contributed by atoms with Crippen molar-refractivity contribution < 1.29 is 4.74 Å². The number of nitrogens with zero attached hydrogens (tertiary/aromatic N) is 8. The lowest BCUT2D eigenvalue weighted by Gasteiger charge is -2.22. The lowest BCUT2D eigenvalue weighted by atomic mass is 10.2. The Labute approximate surface area is 196 Å². The Morgan fingerprint density at radius 3 is 2.82 bits per heavy atom. The summed E-state index contributed by atoms with van der Waals surface area (Å²) >= 11 is 0. The average Bonchev–Trinajstić information content (AvgIpc) is 3.61. The van der Waals surface area contributed by atoms with Crippen LogP contribution in [0.1, 0.15) is 31.1 Å². The van der Waals surface area contributed by atoms with Crippen LogP contribution in [-0.4, -0.2) is 45.7 Å². The molecule has 0 bridgehead atoms.